The van der Waals surface area contributed by atoms with Crippen LogP contribution in [-0.4, -0.2) is 38.1 Å². The first-order valence-corrected chi connectivity index (χ1v) is 9.65. The molecular weight excluding hydrogens is 378 g/mol. The van der Waals surface area contributed by atoms with Crippen LogP contribution in [0.4, 0.5) is 11.4 Å². The molecule has 2 aliphatic rings. The van der Waals surface area contributed by atoms with Gasteiger partial charge in [-0.05, 0) is 43.2 Å². The fourth-order valence-corrected chi connectivity index (χ4v) is 3.64. The zero-order chi connectivity index (χ0) is 17.2. The van der Waals surface area contributed by atoms with Gasteiger partial charge in [-0.2, -0.15) is 0 Å². The third kappa shape index (κ3) is 3.82. The van der Waals surface area contributed by atoms with Crippen LogP contribution in [0.1, 0.15) is 23.2 Å². The molecule has 2 aromatic carbocycles. The Bertz CT molecular complexity index is 753. The second kappa shape index (κ2) is 7.08. The quantitative estimate of drug-likeness (QED) is 0.851. The van der Waals surface area contributed by atoms with Crippen molar-refractivity contribution < 1.29 is 4.79 Å². The minimum Gasteiger partial charge on any atom is -0.368 e. The Morgan fingerprint density at radius 3 is 2.32 bits per heavy atom. The molecule has 5 heteroatoms. The zero-order valence-electron chi connectivity index (χ0n) is 14.1. The highest BCUT2D eigenvalue weighted by molar-refractivity contribution is 9.10. The van der Waals surface area contributed by atoms with Gasteiger partial charge in [0.2, 0.25) is 0 Å². The molecule has 0 bridgehead atoms. The van der Waals surface area contributed by atoms with Gasteiger partial charge in [-0.15, -0.1) is 0 Å². The van der Waals surface area contributed by atoms with Crippen molar-refractivity contribution in [3.05, 3.63) is 58.6 Å². The van der Waals surface area contributed by atoms with E-state index in [0.29, 0.717) is 6.04 Å². The van der Waals surface area contributed by atoms with E-state index in [1.807, 2.05) is 18.2 Å². The molecular formula is C20H22BrN3O. The summed E-state index contributed by atoms with van der Waals surface area (Å²) >= 11 is 3.56. The Balaban J connectivity index is 1.50. The molecule has 25 heavy (non-hydrogen) atoms. The van der Waals surface area contributed by atoms with Crippen LogP contribution in [0.5, 0.6) is 0 Å². The van der Waals surface area contributed by atoms with Crippen LogP contribution in [0.15, 0.2) is 53.0 Å². The summed E-state index contributed by atoms with van der Waals surface area (Å²) in [6.45, 7) is 3.74. The molecule has 1 aliphatic heterocycles. The number of nitrogens with one attached hydrogen (secondary N) is 1. The molecule has 1 N–H and O–H groups in total. The summed E-state index contributed by atoms with van der Waals surface area (Å²) in [6.07, 6.45) is 2.21. The number of carbonyl (C=O) groups excluding carboxylic acids is 1. The van der Waals surface area contributed by atoms with Crippen LogP contribution in [0.25, 0.3) is 0 Å². The Kier molecular flexibility index (Phi) is 4.66. The predicted octanol–water partition coefficient (Wildman–Crippen LogP) is 3.67. The van der Waals surface area contributed by atoms with E-state index in [4.69, 9.17) is 0 Å². The van der Waals surface area contributed by atoms with Gasteiger partial charge in [-0.1, -0.05) is 34.1 Å². The first kappa shape index (κ1) is 16.5. The predicted molar refractivity (Wildman–Crippen MR) is 105 cm³/mol. The second-order valence-electron chi connectivity index (χ2n) is 6.72. The zero-order valence-corrected chi connectivity index (χ0v) is 15.7. The number of hydrogen-bond acceptors (Lipinski definition) is 3. The van der Waals surface area contributed by atoms with E-state index < -0.39 is 0 Å². The van der Waals surface area contributed by atoms with Crippen molar-refractivity contribution in [3.8, 4) is 0 Å². The number of carbonyl (C=O) groups is 1. The molecule has 0 radical (unpaired) electrons. The van der Waals surface area contributed by atoms with Gasteiger partial charge in [0.05, 0.1) is 11.3 Å². The van der Waals surface area contributed by atoms with E-state index >= 15 is 0 Å². The van der Waals surface area contributed by atoms with Crippen LogP contribution < -0.4 is 15.1 Å². The maximum atomic E-state index is 12.6. The molecule has 1 heterocycles. The summed E-state index contributed by atoms with van der Waals surface area (Å²) < 4.78 is 1.01. The molecule has 4 rings (SSSR count). The number of halogens is 1. The third-order valence-corrected chi connectivity index (χ3v) is 5.35. The van der Waals surface area contributed by atoms with Crippen molar-refractivity contribution in [1.29, 1.82) is 0 Å². The van der Waals surface area contributed by atoms with Gasteiger partial charge < -0.3 is 15.1 Å². The highest BCUT2D eigenvalue weighted by Crippen LogP contribution is 2.28. The number of nitrogens with zero attached hydrogens (tertiary/aromatic N) is 2. The molecule has 0 aromatic heterocycles. The summed E-state index contributed by atoms with van der Waals surface area (Å²) in [4.78, 5) is 17.3. The van der Waals surface area contributed by atoms with E-state index in [9.17, 15) is 4.79 Å². The van der Waals surface area contributed by atoms with Crippen molar-refractivity contribution in [3.63, 3.8) is 0 Å². The van der Waals surface area contributed by atoms with Crippen molar-refractivity contribution in [2.45, 2.75) is 18.9 Å². The Morgan fingerprint density at radius 1 is 0.960 bits per heavy atom. The van der Waals surface area contributed by atoms with Crippen molar-refractivity contribution in [1.82, 2.24) is 5.32 Å². The van der Waals surface area contributed by atoms with Gasteiger partial charge in [0.25, 0.3) is 5.91 Å². The minimum atomic E-state index is 0.0514. The number of amides is 1. The van der Waals surface area contributed by atoms with Gasteiger partial charge in [-0.3, -0.25) is 4.79 Å². The van der Waals surface area contributed by atoms with Crippen LogP contribution in [0.2, 0.25) is 0 Å². The van der Waals surface area contributed by atoms with Gasteiger partial charge in [0, 0.05) is 42.4 Å². The van der Waals surface area contributed by atoms with Crippen molar-refractivity contribution in [2.75, 3.05) is 36.0 Å². The van der Waals surface area contributed by atoms with Crippen LogP contribution in [0, 0.1) is 0 Å². The number of piperazine rings is 1. The van der Waals surface area contributed by atoms with Gasteiger partial charge in [0.1, 0.15) is 0 Å². The Labute approximate surface area is 156 Å². The topological polar surface area (TPSA) is 35.6 Å². The summed E-state index contributed by atoms with van der Waals surface area (Å²) in [5.41, 5.74) is 3.08. The Hall–Kier alpha value is -2.01. The van der Waals surface area contributed by atoms with E-state index in [-0.39, 0.29) is 5.91 Å². The fourth-order valence-electron chi connectivity index (χ4n) is 3.29. The monoisotopic (exact) mass is 399 g/mol. The molecule has 0 unspecified atom stereocenters. The molecule has 0 atom stereocenters. The summed E-state index contributed by atoms with van der Waals surface area (Å²) in [5, 5.41) is 3.11. The van der Waals surface area contributed by atoms with Gasteiger partial charge in [0.15, 0.2) is 0 Å². The molecule has 2 aromatic rings. The first-order chi connectivity index (χ1) is 12.2. The number of rotatable bonds is 4. The van der Waals surface area contributed by atoms with Crippen molar-refractivity contribution in [2.24, 2.45) is 0 Å². The van der Waals surface area contributed by atoms with E-state index in [0.717, 1.165) is 54.7 Å². The summed E-state index contributed by atoms with van der Waals surface area (Å²) in [6, 6.07) is 16.8. The first-order valence-electron chi connectivity index (χ1n) is 8.86. The lowest BCUT2D eigenvalue weighted by molar-refractivity contribution is 0.0951. The maximum absolute atomic E-state index is 12.6. The Morgan fingerprint density at radius 2 is 1.64 bits per heavy atom. The van der Waals surface area contributed by atoms with Crippen LogP contribution in [-0.2, 0) is 0 Å². The highest BCUT2D eigenvalue weighted by atomic mass is 79.9. The maximum Gasteiger partial charge on any atom is 0.253 e. The van der Waals surface area contributed by atoms with E-state index in [2.05, 4.69) is 61.4 Å². The smallest absolute Gasteiger partial charge is 0.253 e. The standard InChI is InChI=1S/C20H22BrN3O/c21-15-6-9-18(20(25)22-16-7-8-16)19(14-15)24-12-10-23(11-13-24)17-4-2-1-3-5-17/h1-6,9,14,16H,7-8,10-13H2,(H,22,25). The lowest BCUT2D eigenvalue weighted by Crippen LogP contribution is -2.47. The number of anilines is 2. The van der Waals surface area contributed by atoms with Gasteiger partial charge in [-0.25, -0.2) is 0 Å². The molecule has 1 saturated carbocycles. The fraction of sp³-hybridized carbons (Fsp3) is 0.350. The molecule has 1 aliphatic carbocycles. The molecule has 1 amide bonds. The van der Waals surface area contributed by atoms with E-state index in [1.165, 1.54) is 5.69 Å². The molecule has 0 spiro atoms. The number of hydrogen-bond donors (Lipinski definition) is 1. The van der Waals surface area contributed by atoms with Gasteiger partial charge >= 0.3 is 0 Å². The largest absolute Gasteiger partial charge is 0.368 e. The highest BCUT2D eigenvalue weighted by Gasteiger charge is 2.27. The average Bonchev–Trinajstić information content (AvgIpc) is 3.46. The molecule has 2 fully saturated rings. The number of para-hydroxylation sites is 1. The normalized spacial score (nSPS) is 17.5. The molecule has 4 nitrogen and oxygen atoms in total. The summed E-state index contributed by atoms with van der Waals surface area (Å²) in [7, 11) is 0. The lowest BCUT2D eigenvalue weighted by Gasteiger charge is -2.38. The van der Waals surface area contributed by atoms with Crippen LogP contribution in [0.3, 0.4) is 0 Å². The minimum absolute atomic E-state index is 0.0514. The summed E-state index contributed by atoms with van der Waals surface area (Å²) in [5.74, 6) is 0.0514. The molecule has 1 saturated heterocycles. The second-order valence-corrected chi connectivity index (χ2v) is 7.63. The van der Waals surface area contributed by atoms with Crippen molar-refractivity contribution >= 4 is 33.2 Å². The van der Waals surface area contributed by atoms with E-state index in [1.54, 1.807) is 0 Å². The SMILES string of the molecule is O=C(NC1CC1)c1ccc(Br)cc1N1CCN(c2ccccc2)CC1. The average molecular weight is 400 g/mol. The van der Waals surface area contributed by atoms with Crippen LogP contribution >= 0.6 is 15.9 Å². The third-order valence-electron chi connectivity index (χ3n) is 4.86. The lowest BCUT2D eigenvalue weighted by atomic mass is 10.1. The molecule has 130 valence electrons. The number of benzene rings is 2.